The molecule has 1 N–H and O–H groups in total. The van der Waals surface area contributed by atoms with Gasteiger partial charge in [0, 0.05) is 24.6 Å². The number of rotatable bonds is 2. The Balaban J connectivity index is 1.45. The lowest BCUT2D eigenvalue weighted by atomic mass is 9.48. The van der Waals surface area contributed by atoms with Crippen molar-refractivity contribution in [2.24, 2.45) is 5.92 Å². The average Bonchev–Trinajstić information content (AvgIpc) is 3.23. The number of fused-ring (bicyclic) bond motifs is 1. The van der Waals surface area contributed by atoms with E-state index in [4.69, 9.17) is 14.2 Å². The van der Waals surface area contributed by atoms with Gasteiger partial charge in [0.1, 0.15) is 5.75 Å². The van der Waals surface area contributed by atoms with Gasteiger partial charge in [-0.3, -0.25) is 4.90 Å². The van der Waals surface area contributed by atoms with Crippen LogP contribution in [0.25, 0.3) is 0 Å². The topological polar surface area (TPSA) is 51.2 Å². The highest BCUT2D eigenvalue weighted by Gasteiger charge is 2.77. The van der Waals surface area contributed by atoms with Crippen molar-refractivity contribution in [2.75, 3.05) is 26.3 Å². The summed E-state index contributed by atoms with van der Waals surface area (Å²) < 4.78 is 19.2. The number of hydrogen-bond acceptors (Lipinski definition) is 5. The lowest BCUT2D eigenvalue weighted by Gasteiger charge is -2.65. The summed E-state index contributed by atoms with van der Waals surface area (Å²) in [5.74, 6) is 1.13. The van der Waals surface area contributed by atoms with Crippen LogP contribution in [0.1, 0.15) is 48.8 Å². The molecule has 5 heteroatoms. The van der Waals surface area contributed by atoms with Crippen LogP contribution >= 0.6 is 0 Å². The largest absolute Gasteiger partial charge is 0.483 e. The van der Waals surface area contributed by atoms with Gasteiger partial charge in [-0.05, 0) is 62.6 Å². The number of nitrogens with zero attached hydrogens (tertiary/aromatic N) is 1. The smallest absolute Gasteiger partial charge is 0.207 e. The van der Waals surface area contributed by atoms with Crippen molar-refractivity contribution in [3.63, 3.8) is 0 Å². The van der Waals surface area contributed by atoms with Gasteiger partial charge in [0.15, 0.2) is 6.10 Å². The molecule has 2 saturated carbocycles. The van der Waals surface area contributed by atoms with Crippen molar-refractivity contribution in [1.29, 1.82) is 0 Å². The number of aryl methyl sites for hydroxylation is 1. The first-order chi connectivity index (χ1) is 13.6. The summed E-state index contributed by atoms with van der Waals surface area (Å²) in [6.07, 6.45) is 5.75. The molecular weight excluding hydrogens is 354 g/mol. The fraction of sp³-hybridized carbons (Fsp3) is 0.739. The van der Waals surface area contributed by atoms with Crippen LogP contribution in [-0.4, -0.2) is 59.8 Å². The second kappa shape index (κ2) is 5.12. The Morgan fingerprint density at radius 1 is 1.14 bits per heavy atom. The number of aliphatic hydroxyl groups is 1. The molecule has 1 unspecified atom stereocenters. The second-order valence-electron chi connectivity index (χ2n) is 10.1. The van der Waals surface area contributed by atoms with Gasteiger partial charge in [0.2, 0.25) is 5.79 Å². The van der Waals surface area contributed by atoms with Crippen LogP contribution in [0.4, 0.5) is 0 Å². The Hall–Kier alpha value is -1.14. The summed E-state index contributed by atoms with van der Waals surface area (Å²) in [6, 6.07) is 4.65. The van der Waals surface area contributed by atoms with E-state index in [1.54, 1.807) is 0 Å². The molecule has 5 nitrogen and oxygen atoms in total. The molecule has 6 aliphatic rings. The van der Waals surface area contributed by atoms with E-state index in [2.05, 4.69) is 24.0 Å². The standard InChI is InChI=1S/C23H29NO4/c1-14-2-5-16-12-17-22(25)6-7-23(26-10-11-27-23)20-21(22,18(16)19(14)28-20)8-9-24(17)13-15-3-4-15/h2,5,15,17,20,25H,3-4,6-13H2,1H3/t17?,20-,21+,22-/m1/s1. The van der Waals surface area contributed by atoms with Crippen molar-refractivity contribution in [3.8, 4) is 5.75 Å². The summed E-state index contributed by atoms with van der Waals surface area (Å²) in [4.78, 5) is 2.61. The number of benzene rings is 1. The predicted octanol–water partition coefficient (Wildman–Crippen LogP) is 2.30. The van der Waals surface area contributed by atoms with Gasteiger partial charge in [0.05, 0.1) is 24.2 Å². The van der Waals surface area contributed by atoms with Gasteiger partial charge in [-0.15, -0.1) is 0 Å². The highest BCUT2D eigenvalue weighted by Crippen LogP contribution is 2.67. The van der Waals surface area contributed by atoms with Gasteiger partial charge in [-0.25, -0.2) is 0 Å². The maximum absolute atomic E-state index is 12.4. The minimum atomic E-state index is -0.766. The summed E-state index contributed by atoms with van der Waals surface area (Å²) in [5, 5.41) is 12.4. The maximum atomic E-state index is 12.4. The lowest BCUT2D eigenvalue weighted by molar-refractivity contribution is -0.296. The highest BCUT2D eigenvalue weighted by atomic mass is 16.8. The fourth-order valence-electron chi connectivity index (χ4n) is 7.35. The minimum Gasteiger partial charge on any atom is -0.483 e. The van der Waals surface area contributed by atoms with E-state index in [1.165, 1.54) is 24.0 Å². The zero-order valence-corrected chi connectivity index (χ0v) is 16.6. The quantitative estimate of drug-likeness (QED) is 0.849. The van der Waals surface area contributed by atoms with E-state index in [0.717, 1.165) is 49.6 Å². The first-order valence-corrected chi connectivity index (χ1v) is 11.1. The first kappa shape index (κ1) is 16.6. The molecule has 1 aromatic rings. The van der Waals surface area contributed by atoms with E-state index in [-0.39, 0.29) is 12.1 Å². The molecule has 0 aromatic heterocycles. The van der Waals surface area contributed by atoms with Gasteiger partial charge >= 0.3 is 0 Å². The Bertz CT molecular complexity index is 860. The third-order valence-electron chi connectivity index (χ3n) is 8.76. The third kappa shape index (κ3) is 1.75. The molecule has 4 fully saturated rings. The predicted molar refractivity (Wildman–Crippen MR) is 102 cm³/mol. The van der Waals surface area contributed by atoms with E-state index >= 15 is 0 Å². The van der Waals surface area contributed by atoms with E-state index < -0.39 is 16.8 Å². The van der Waals surface area contributed by atoms with Crippen LogP contribution in [-0.2, 0) is 21.3 Å². The van der Waals surface area contributed by atoms with Crippen molar-refractivity contribution in [1.82, 2.24) is 4.90 Å². The molecule has 3 aliphatic heterocycles. The highest BCUT2D eigenvalue weighted by molar-refractivity contribution is 5.60. The Morgan fingerprint density at radius 2 is 1.96 bits per heavy atom. The van der Waals surface area contributed by atoms with Crippen molar-refractivity contribution in [3.05, 3.63) is 28.8 Å². The molecule has 0 amide bonds. The maximum Gasteiger partial charge on any atom is 0.207 e. The zero-order chi connectivity index (χ0) is 18.7. The first-order valence-electron chi connectivity index (χ1n) is 11.1. The van der Waals surface area contributed by atoms with Crippen LogP contribution in [0.3, 0.4) is 0 Å². The lowest BCUT2D eigenvalue weighted by Crippen LogP contribution is -2.79. The van der Waals surface area contributed by atoms with Gasteiger partial charge in [0.25, 0.3) is 0 Å². The van der Waals surface area contributed by atoms with Crippen LogP contribution in [0.15, 0.2) is 12.1 Å². The Kier molecular flexibility index (Phi) is 3.04. The number of piperidine rings is 1. The van der Waals surface area contributed by atoms with Crippen LogP contribution in [0, 0.1) is 12.8 Å². The summed E-state index contributed by atoms with van der Waals surface area (Å²) >= 11 is 0. The van der Waals surface area contributed by atoms with Crippen LogP contribution in [0.2, 0.25) is 0 Å². The van der Waals surface area contributed by atoms with Crippen molar-refractivity contribution < 1.29 is 19.3 Å². The molecule has 2 spiro atoms. The normalized spacial score (nSPS) is 42.5. The summed E-state index contributed by atoms with van der Waals surface area (Å²) in [6.45, 7) is 5.54. The molecule has 4 atom stereocenters. The Morgan fingerprint density at radius 3 is 2.75 bits per heavy atom. The fourth-order valence-corrected chi connectivity index (χ4v) is 7.35. The Labute approximate surface area is 165 Å². The zero-order valence-electron chi connectivity index (χ0n) is 16.6. The molecule has 0 radical (unpaired) electrons. The number of likely N-dealkylation sites (tertiary alicyclic amines) is 1. The molecule has 28 heavy (non-hydrogen) atoms. The van der Waals surface area contributed by atoms with Crippen LogP contribution < -0.4 is 4.74 Å². The van der Waals surface area contributed by atoms with Crippen LogP contribution in [0.5, 0.6) is 5.75 Å². The molecule has 1 aromatic carbocycles. The second-order valence-corrected chi connectivity index (χ2v) is 10.1. The molecule has 2 bridgehead atoms. The molecular formula is C23H29NO4. The van der Waals surface area contributed by atoms with E-state index in [0.29, 0.717) is 19.6 Å². The van der Waals surface area contributed by atoms with Crippen molar-refractivity contribution >= 4 is 0 Å². The minimum absolute atomic E-state index is 0.174. The molecule has 150 valence electrons. The van der Waals surface area contributed by atoms with E-state index in [9.17, 15) is 5.11 Å². The molecule has 2 saturated heterocycles. The van der Waals surface area contributed by atoms with Crippen molar-refractivity contribution in [2.45, 2.75) is 74.4 Å². The molecule has 3 heterocycles. The summed E-state index contributed by atoms with van der Waals surface area (Å²) in [7, 11) is 0. The van der Waals surface area contributed by atoms with E-state index in [1.807, 2.05) is 0 Å². The third-order valence-corrected chi connectivity index (χ3v) is 8.76. The molecule has 7 rings (SSSR count). The monoisotopic (exact) mass is 383 g/mol. The SMILES string of the molecule is Cc1ccc2c3c1O[C@H]1C4(CC[C@@]5(O)C(C2)N(CC2CC2)CC[C@]315)OCCO4. The summed E-state index contributed by atoms with van der Waals surface area (Å²) in [5.41, 5.74) is 2.64. The number of hydrogen-bond donors (Lipinski definition) is 1. The number of ether oxygens (including phenoxy) is 3. The van der Waals surface area contributed by atoms with Gasteiger partial charge in [-0.2, -0.15) is 0 Å². The molecule has 3 aliphatic carbocycles. The average molecular weight is 383 g/mol. The van der Waals surface area contributed by atoms with Gasteiger partial charge < -0.3 is 19.3 Å². The van der Waals surface area contributed by atoms with Gasteiger partial charge in [-0.1, -0.05) is 12.1 Å².